The zero-order valence-corrected chi connectivity index (χ0v) is 16.0. The minimum absolute atomic E-state index is 0.299. The van der Waals surface area contributed by atoms with Gasteiger partial charge in [0.25, 0.3) is 0 Å². The number of rotatable bonds is 5. The third-order valence-electron chi connectivity index (χ3n) is 4.64. The number of fused-ring (bicyclic) bond motifs is 2. The van der Waals surface area contributed by atoms with E-state index < -0.39 is 0 Å². The Hall–Kier alpha value is -3.09. The fourth-order valence-electron chi connectivity index (χ4n) is 3.15. The normalized spacial score (nSPS) is 15.1. The summed E-state index contributed by atoms with van der Waals surface area (Å²) in [5, 5.41) is 6.67. The van der Waals surface area contributed by atoms with Crippen LogP contribution in [0.5, 0.6) is 23.0 Å². The molecule has 2 aromatic carbocycles. The van der Waals surface area contributed by atoms with Crippen molar-refractivity contribution >= 4 is 5.96 Å². The molecule has 0 amide bonds. The van der Waals surface area contributed by atoms with E-state index in [4.69, 9.17) is 18.9 Å². The van der Waals surface area contributed by atoms with Crippen molar-refractivity contribution in [3.8, 4) is 23.0 Å². The summed E-state index contributed by atoms with van der Waals surface area (Å²) in [7, 11) is 1.77. The number of nitrogens with one attached hydrogen (secondary N) is 2. The van der Waals surface area contributed by atoms with Gasteiger partial charge in [0.05, 0.1) is 13.2 Å². The van der Waals surface area contributed by atoms with Crippen LogP contribution in [-0.2, 0) is 13.0 Å². The second-order valence-corrected chi connectivity index (χ2v) is 6.62. The van der Waals surface area contributed by atoms with E-state index in [1.807, 2.05) is 30.3 Å². The van der Waals surface area contributed by atoms with Crippen LogP contribution >= 0.6 is 0 Å². The van der Waals surface area contributed by atoms with Gasteiger partial charge in [-0.2, -0.15) is 0 Å². The highest BCUT2D eigenvalue weighted by Gasteiger charge is 2.13. The first-order chi connectivity index (χ1) is 13.8. The maximum absolute atomic E-state index is 5.75. The minimum atomic E-state index is 0.299. The Morgan fingerprint density at radius 3 is 2.39 bits per heavy atom. The quantitative estimate of drug-likeness (QED) is 0.611. The second-order valence-electron chi connectivity index (χ2n) is 6.62. The van der Waals surface area contributed by atoms with Gasteiger partial charge in [-0.3, -0.25) is 4.99 Å². The molecule has 0 saturated heterocycles. The summed E-state index contributed by atoms with van der Waals surface area (Å²) in [5.41, 5.74) is 2.30. The Kier molecular flexibility index (Phi) is 5.70. The Morgan fingerprint density at radius 1 is 0.857 bits per heavy atom. The molecule has 0 bridgehead atoms. The number of hydrogen-bond acceptors (Lipinski definition) is 5. The summed E-state index contributed by atoms with van der Waals surface area (Å²) in [6.45, 7) is 3.10. The van der Waals surface area contributed by atoms with Gasteiger partial charge in [-0.25, -0.2) is 0 Å². The highest BCUT2D eigenvalue weighted by molar-refractivity contribution is 5.79. The lowest BCUT2D eigenvalue weighted by Crippen LogP contribution is -2.37. The molecule has 0 aliphatic carbocycles. The van der Waals surface area contributed by atoms with Crippen LogP contribution in [0, 0.1) is 0 Å². The van der Waals surface area contributed by atoms with Crippen LogP contribution < -0.4 is 29.6 Å². The van der Waals surface area contributed by atoms with Crippen LogP contribution in [0.2, 0.25) is 0 Å². The second kappa shape index (κ2) is 8.73. The molecule has 2 aliphatic heterocycles. The molecular weight excluding hydrogens is 358 g/mol. The Morgan fingerprint density at radius 2 is 1.54 bits per heavy atom. The number of hydrogen-bond donors (Lipinski definition) is 2. The first-order valence-corrected chi connectivity index (χ1v) is 9.53. The van der Waals surface area contributed by atoms with Gasteiger partial charge in [-0.15, -0.1) is 0 Å². The van der Waals surface area contributed by atoms with E-state index in [2.05, 4.69) is 21.7 Å². The van der Waals surface area contributed by atoms with Gasteiger partial charge in [0.2, 0.25) is 6.79 Å². The molecule has 28 heavy (non-hydrogen) atoms. The van der Waals surface area contributed by atoms with E-state index in [0.29, 0.717) is 26.6 Å². The Bertz CT molecular complexity index is 854. The van der Waals surface area contributed by atoms with Gasteiger partial charge in [0.1, 0.15) is 0 Å². The third kappa shape index (κ3) is 4.42. The molecule has 2 aromatic rings. The van der Waals surface area contributed by atoms with Crippen LogP contribution in [0.25, 0.3) is 0 Å². The third-order valence-corrected chi connectivity index (χ3v) is 4.64. The predicted molar refractivity (Wildman–Crippen MR) is 107 cm³/mol. The molecule has 148 valence electrons. The average molecular weight is 383 g/mol. The van der Waals surface area contributed by atoms with Crippen molar-refractivity contribution in [2.45, 2.75) is 19.4 Å². The standard InChI is InChI=1S/C21H25N3O4/c1-22-21(23-8-7-15-3-5-18-20(11-15)28-14-27-18)24-13-16-4-6-17-19(12-16)26-10-2-9-25-17/h3-6,11-12H,2,7-10,13-14H2,1H3,(H2,22,23,24). The lowest BCUT2D eigenvalue weighted by molar-refractivity contribution is 0.174. The Labute approximate surface area is 164 Å². The molecule has 2 heterocycles. The van der Waals surface area contributed by atoms with E-state index in [1.165, 1.54) is 5.56 Å². The van der Waals surface area contributed by atoms with Crippen molar-refractivity contribution < 1.29 is 18.9 Å². The molecule has 0 saturated carbocycles. The molecule has 7 nitrogen and oxygen atoms in total. The molecule has 0 fully saturated rings. The molecular formula is C21H25N3O4. The van der Waals surface area contributed by atoms with Crippen molar-refractivity contribution in [3.63, 3.8) is 0 Å². The van der Waals surface area contributed by atoms with Crippen molar-refractivity contribution in [1.82, 2.24) is 10.6 Å². The minimum Gasteiger partial charge on any atom is -0.490 e. The maximum Gasteiger partial charge on any atom is 0.231 e. The monoisotopic (exact) mass is 383 g/mol. The fraction of sp³-hybridized carbons (Fsp3) is 0.381. The van der Waals surface area contributed by atoms with Crippen molar-refractivity contribution in [3.05, 3.63) is 47.5 Å². The fourth-order valence-corrected chi connectivity index (χ4v) is 3.15. The first kappa shape index (κ1) is 18.3. The topological polar surface area (TPSA) is 73.3 Å². The predicted octanol–water partition coefficient (Wildman–Crippen LogP) is 2.48. The smallest absolute Gasteiger partial charge is 0.231 e. The molecule has 2 aliphatic rings. The zero-order chi connectivity index (χ0) is 19.2. The van der Waals surface area contributed by atoms with E-state index in [0.717, 1.165) is 53.9 Å². The van der Waals surface area contributed by atoms with E-state index in [9.17, 15) is 0 Å². The first-order valence-electron chi connectivity index (χ1n) is 9.53. The molecule has 4 rings (SSSR count). The summed E-state index contributed by atoms with van der Waals surface area (Å²) in [6, 6.07) is 12.1. The summed E-state index contributed by atoms with van der Waals surface area (Å²) < 4.78 is 22.2. The number of ether oxygens (including phenoxy) is 4. The molecule has 0 spiro atoms. The summed E-state index contributed by atoms with van der Waals surface area (Å²) in [6.07, 6.45) is 1.77. The highest BCUT2D eigenvalue weighted by Crippen LogP contribution is 2.32. The number of guanidine groups is 1. The van der Waals surface area contributed by atoms with Crippen LogP contribution in [0.1, 0.15) is 17.5 Å². The van der Waals surface area contributed by atoms with Gasteiger partial charge in [0.15, 0.2) is 29.0 Å². The SMILES string of the molecule is CN=C(NCCc1ccc2c(c1)OCO2)NCc1ccc2c(c1)OCCCO2. The van der Waals surface area contributed by atoms with E-state index in [-0.39, 0.29) is 0 Å². The largest absolute Gasteiger partial charge is 0.490 e. The summed E-state index contributed by atoms with van der Waals surface area (Å²) >= 11 is 0. The van der Waals surface area contributed by atoms with Gasteiger partial charge in [-0.1, -0.05) is 12.1 Å². The molecule has 7 heteroatoms. The van der Waals surface area contributed by atoms with Gasteiger partial charge >= 0.3 is 0 Å². The van der Waals surface area contributed by atoms with Gasteiger partial charge < -0.3 is 29.6 Å². The molecule has 2 N–H and O–H groups in total. The highest BCUT2D eigenvalue weighted by atomic mass is 16.7. The van der Waals surface area contributed by atoms with Crippen molar-refractivity contribution in [1.29, 1.82) is 0 Å². The van der Waals surface area contributed by atoms with Crippen molar-refractivity contribution in [2.75, 3.05) is 33.6 Å². The Balaban J connectivity index is 1.26. The van der Waals surface area contributed by atoms with Gasteiger partial charge in [0, 0.05) is 26.6 Å². The lowest BCUT2D eigenvalue weighted by atomic mass is 10.1. The number of aliphatic imine (C=N–C) groups is 1. The number of nitrogens with zero attached hydrogens (tertiary/aromatic N) is 1. The van der Waals surface area contributed by atoms with Crippen molar-refractivity contribution in [2.24, 2.45) is 4.99 Å². The van der Waals surface area contributed by atoms with E-state index >= 15 is 0 Å². The van der Waals surface area contributed by atoms with Crippen LogP contribution in [0.3, 0.4) is 0 Å². The zero-order valence-electron chi connectivity index (χ0n) is 16.0. The number of benzene rings is 2. The van der Waals surface area contributed by atoms with Crippen LogP contribution in [-0.4, -0.2) is 39.6 Å². The van der Waals surface area contributed by atoms with Crippen LogP contribution in [0.15, 0.2) is 41.4 Å². The lowest BCUT2D eigenvalue weighted by Gasteiger charge is -2.13. The average Bonchev–Trinajstić information content (AvgIpc) is 3.06. The summed E-state index contributed by atoms with van der Waals surface area (Å²) in [4.78, 5) is 4.29. The molecule has 0 aromatic heterocycles. The maximum atomic E-state index is 5.75. The molecule has 0 radical (unpaired) electrons. The van der Waals surface area contributed by atoms with Gasteiger partial charge in [-0.05, 0) is 41.8 Å². The summed E-state index contributed by atoms with van der Waals surface area (Å²) in [5.74, 6) is 4.00. The van der Waals surface area contributed by atoms with Crippen LogP contribution in [0.4, 0.5) is 0 Å². The van der Waals surface area contributed by atoms with E-state index in [1.54, 1.807) is 7.05 Å². The molecule has 0 atom stereocenters. The molecule has 0 unspecified atom stereocenters.